The Morgan fingerprint density at radius 3 is 2.67 bits per heavy atom. The molecular formula is C15H29N3. The SMILES string of the molecule is CC(N)(C#N)CCCCN1CCCC(C)(C)CC1. The van der Waals surface area contributed by atoms with Crippen LogP contribution in [-0.2, 0) is 0 Å². The molecule has 1 aliphatic heterocycles. The molecule has 1 heterocycles. The van der Waals surface area contributed by atoms with Crippen molar-refractivity contribution >= 4 is 0 Å². The van der Waals surface area contributed by atoms with Crippen molar-refractivity contribution in [3.63, 3.8) is 0 Å². The monoisotopic (exact) mass is 251 g/mol. The standard InChI is InChI=1S/C15H29N3/c1-14(2)7-6-11-18(12-9-14)10-5-4-8-15(3,17)13-16/h4-12,17H2,1-3H3. The van der Waals surface area contributed by atoms with E-state index in [9.17, 15) is 0 Å². The highest BCUT2D eigenvalue weighted by Crippen LogP contribution is 2.29. The van der Waals surface area contributed by atoms with Crippen molar-refractivity contribution in [2.75, 3.05) is 19.6 Å². The molecule has 0 amide bonds. The highest BCUT2D eigenvalue weighted by Gasteiger charge is 2.23. The fourth-order valence-electron chi connectivity index (χ4n) is 2.59. The van der Waals surface area contributed by atoms with Gasteiger partial charge in [0, 0.05) is 0 Å². The molecule has 0 aromatic rings. The number of unbranched alkanes of at least 4 members (excludes halogenated alkanes) is 1. The van der Waals surface area contributed by atoms with E-state index in [0.717, 1.165) is 25.8 Å². The normalized spacial score (nSPS) is 23.9. The molecule has 0 radical (unpaired) electrons. The van der Waals surface area contributed by atoms with E-state index >= 15 is 0 Å². The third-order valence-electron chi connectivity index (χ3n) is 4.11. The van der Waals surface area contributed by atoms with Crippen LogP contribution in [0.3, 0.4) is 0 Å². The van der Waals surface area contributed by atoms with Crippen LogP contribution in [-0.4, -0.2) is 30.1 Å². The Bertz CT molecular complexity index is 289. The van der Waals surface area contributed by atoms with Gasteiger partial charge in [0.25, 0.3) is 0 Å². The minimum absolute atomic E-state index is 0.519. The molecule has 1 rings (SSSR count). The second-order valence-electron chi connectivity index (χ2n) is 6.85. The second kappa shape index (κ2) is 6.54. The lowest BCUT2D eigenvalue weighted by Gasteiger charge is -2.23. The Hall–Kier alpha value is -0.590. The van der Waals surface area contributed by atoms with E-state index in [2.05, 4.69) is 24.8 Å². The number of rotatable bonds is 5. The summed E-state index contributed by atoms with van der Waals surface area (Å²) in [6.45, 7) is 10.2. The van der Waals surface area contributed by atoms with Crippen LogP contribution in [0.4, 0.5) is 0 Å². The summed E-state index contributed by atoms with van der Waals surface area (Å²) >= 11 is 0. The van der Waals surface area contributed by atoms with Crippen molar-refractivity contribution in [1.82, 2.24) is 4.90 Å². The van der Waals surface area contributed by atoms with Gasteiger partial charge in [-0.05, 0) is 70.5 Å². The van der Waals surface area contributed by atoms with E-state index in [4.69, 9.17) is 11.0 Å². The lowest BCUT2D eigenvalue weighted by Crippen LogP contribution is -2.34. The molecule has 0 bridgehead atoms. The summed E-state index contributed by atoms with van der Waals surface area (Å²) < 4.78 is 0. The molecule has 3 nitrogen and oxygen atoms in total. The van der Waals surface area contributed by atoms with E-state index in [-0.39, 0.29) is 0 Å². The van der Waals surface area contributed by atoms with Gasteiger partial charge in [0.05, 0.1) is 6.07 Å². The van der Waals surface area contributed by atoms with Crippen LogP contribution in [0, 0.1) is 16.7 Å². The van der Waals surface area contributed by atoms with Gasteiger partial charge in [-0.25, -0.2) is 0 Å². The molecule has 0 aromatic heterocycles. The van der Waals surface area contributed by atoms with E-state index in [1.807, 2.05) is 6.92 Å². The molecule has 104 valence electrons. The molecule has 3 heteroatoms. The summed E-state index contributed by atoms with van der Waals surface area (Å²) in [5.74, 6) is 0. The van der Waals surface area contributed by atoms with Gasteiger partial charge in [-0.2, -0.15) is 5.26 Å². The molecule has 0 aromatic carbocycles. The fourth-order valence-corrected chi connectivity index (χ4v) is 2.59. The smallest absolute Gasteiger partial charge is 0.101 e. The van der Waals surface area contributed by atoms with Crippen LogP contribution < -0.4 is 5.73 Å². The van der Waals surface area contributed by atoms with Gasteiger partial charge in [0.2, 0.25) is 0 Å². The topological polar surface area (TPSA) is 53.1 Å². The summed E-state index contributed by atoms with van der Waals surface area (Å²) in [6.07, 6.45) is 7.00. The van der Waals surface area contributed by atoms with Crippen LogP contribution in [0.5, 0.6) is 0 Å². The number of hydrogen-bond acceptors (Lipinski definition) is 3. The number of nitrogens with two attached hydrogens (primary N) is 1. The lowest BCUT2D eigenvalue weighted by atomic mass is 9.85. The number of nitrogens with zero attached hydrogens (tertiary/aromatic N) is 2. The predicted molar refractivity (Wildman–Crippen MR) is 76.1 cm³/mol. The third-order valence-corrected chi connectivity index (χ3v) is 4.11. The molecular weight excluding hydrogens is 222 g/mol. The Kier molecular flexibility index (Phi) is 5.62. The van der Waals surface area contributed by atoms with E-state index < -0.39 is 5.54 Å². The van der Waals surface area contributed by atoms with Crippen LogP contribution in [0.1, 0.15) is 59.3 Å². The maximum absolute atomic E-state index is 8.85. The van der Waals surface area contributed by atoms with Gasteiger partial charge in [-0.1, -0.05) is 13.8 Å². The molecule has 0 saturated carbocycles. The first-order valence-electron chi connectivity index (χ1n) is 7.27. The van der Waals surface area contributed by atoms with E-state index in [1.165, 1.54) is 32.4 Å². The Morgan fingerprint density at radius 1 is 1.28 bits per heavy atom. The maximum Gasteiger partial charge on any atom is 0.101 e. The summed E-state index contributed by atoms with van der Waals surface area (Å²) in [7, 11) is 0. The number of nitriles is 1. The first-order valence-corrected chi connectivity index (χ1v) is 7.27. The van der Waals surface area contributed by atoms with Crippen LogP contribution >= 0.6 is 0 Å². The average molecular weight is 251 g/mol. The minimum Gasteiger partial charge on any atom is -0.314 e. The zero-order valence-corrected chi connectivity index (χ0v) is 12.3. The Morgan fingerprint density at radius 2 is 2.00 bits per heavy atom. The molecule has 18 heavy (non-hydrogen) atoms. The highest BCUT2D eigenvalue weighted by atomic mass is 15.1. The van der Waals surface area contributed by atoms with Crippen LogP contribution in [0.25, 0.3) is 0 Å². The number of likely N-dealkylation sites (tertiary alicyclic amines) is 1. The summed E-state index contributed by atoms with van der Waals surface area (Å²) in [6, 6.07) is 2.16. The van der Waals surface area contributed by atoms with Crippen molar-refractivity contribution in [1.29, 1.82) is 5.26 Å². The van der Waals surface area contributed by atoms with Crippen molar-refractivity contribution in [3.8, 4) is 6.07 Å². The summed E-state index contributed by atoms with van der Waals surface area (Å²) in [5, 5.41) is 8.85. The molecule has 1 unspecified atom stereocenters. The fraction of sp³-hybridized carbons (Fsp3) is 0.933. The largest absolute Gasteiger partial charge is 0.314 e. The van der Waals surface area contributed by atoms with Crippen molar-refractivity contribution in [3.05, 3.63) is 0 Å². The molecule has 1 aliphatic rings. The summed E-state index contributed by atoms with van der Waals surface area (Å²) in [5.41, 5.74) is 5.70. The zero-order valence-electron chi connectivity index (χ0n) is 12.3. The lowest BCUT2D eigenvalue weighted by molar-refractivity contribution is 0.256. The maximum atomic E-state index is 8.85. The third kappa shape index (κ3) is 5.84. The van der Waals surface area contributed by atoms with Crippen LogP contribution in [0.2, 0.25) is 0 Å². The second-order valence-corrected chi connectivity index (χ2v) is 6.85. The van der Waals surface area contributed by atoms with Crippen molar-refractivity contribution in [2.24, 2.45) is 11.1 Å². The Balaban J connectivity index is 2.19. The highest BCUT2D eigenvalue weighted by molar-refractivity contribution is 5.00. The molecule has 0 spiro atoms. The van der Waals surface area contributed by atoms with Gasteiger partial charge < -0.3 is 10.6 Å². The quantitative estimate of drug-likeness (QED) is 0.764. The van der Waals surface area contributed by atoms with Gasteiger partial charge in [0.1, 0.15) is 5.54 Å². The predicted octanol–water partition coefficient (Wildman–Crippen LogP) is 2.91. The van der Waals surface area contributed by atoms with Gasteiger partial charge >= 0.3 is 0 Å². The van der Waals surface area contributed by atoms with Crippen molar-refractivity contribution < 1.29 is 0 Å². The van der Waals surface area contributed by atoms with Gasteiger partial charge in [-0.15, -0.1) is 0 Å². The molecule has 1 fully saturated rings. The first-order chi connectivity index (χ1) is 8.35. The van der Waals surface area contributed by atoms with E-state index in [0.29, 0.717) is 5.41 Å². The molecule has 1 saturated heterocycles. The minimum atomic E-state index is -0.638. The van der Waals surface area contributed by atoms with Gasteiger partial charge in [-0.3, -0.25) is 0 Å². The summed E-state index contributed by atoms with van der Waals surface area (Å²) in [4.78, 5) is 2.58. The molecule has 1 atom stereocenters. The van der Waals surface area contributed by atoms with E-state index in [1.54, 1.807) is 0 Å². The van der Waals surface area contributed by atoms with Crippen molar-refractivity contribution in [2.45, 2.75) is 64.8 Å². The number of hydrogen-bond donors (Lipinski definition) is 1. The van der Waals surface area contributed by atoms with Gasteiger partial charge in [0.15, 0.2) is 0 Å². The first kappa shape index (κ1) is 15.5. The molecule has 2 N–H and O–H groups in total. The zero-order chi connectivity index (χ0) is 13.6. The van der Waals surface area contributed by atoms with Crippen LogP contribution in [0.15, 0.2) is 0 Å². The average Bonchev–Trinajstić information content (AvgIpc) is 2.46. The Labute approximate surface area is 112 Å². The molecule has 0 aliphatic carbocycles.